The van der Waals surface area contributed by atoms with Crippen molar-refractivity contribution in [1.82, 2.24) is 25.1 Å². The standard InChI is InChI=1S/C18H22N6O2S/c1-10-7-12(26-22-10)9-24-11(2)15(21-23-24)16(25)20-17-19-13-5-6-18(3,4)8-14(13)27-17/h7H,5-6,8-9H2,1-4H3,(H,19,20,25). The lowest BCUT2D eigenvalue weighted by atomic mass is 9.79. The van der Waals surface area contributed by atoms with Gasteiger partial charge in [-0.3, -0.25) is 10.1 Å². The molecule has 1 N–H and O–H groups in total. The summed E-state index contributed by atoms with van der Waals surface area (Å²) in [5.74, 6) is 0.375. The highest BCUT2D eigenvalue weighted by Crippen LogP contribution is 2.38. The average Bonchev–Trinajstić information content (AvgIpc) is 3.27. The van der Waals surface area contributed by atoms with Crippen molar-refractivity contribution in [2.24, 2.45) is 5.41 Å². The first-order valence-electron chi connectivity index (χ1n) is 8.93. The zero-order valence-corrected chi connectivity index (χ0v) is 16.7. The summed E-state index contributed by atoms with van der Waals surface area (Å²) in [5, 5.41) is 15.5. The Bertz CT molecular complexity index is 1000. The van der Waals surface area contributed by atoms with Crippen LogP contribution in [0.25, 0.3) is 0 Å². The minimum atomic E-state index is -0.294. The molecule has 3 heterocycles. The maximum atomic E-state index is 12.6. The molecule has 3 aromatic heterocycles. The van der Waals surface area contributed by atoms with Crippen LogP contribution in [0.4, 0.5) is 5.13 Å². The Balaban J connectivity index is 1.48. The summed E-state index contributed by atoms with van der Waals surface area (Å²) in [6, 6.07) is 1.84. The van der Waals surface area contributed by atoms with E-state index in [0.717, 1.165) is 30.7 Å². The Morgan fingerprint density at radius 3 is 2.96 bits per heavy atom. The first-order chi connectivity index (χ1) is 12.8. The minimum Gasteiger partial charge on any atom is -0.359 e. The number of aromatic nitrogens is 5. The normalized spacial score (nSPS) is 15.6. The molecule has 1 aliphatic rings. The quantitative estimate of drug-likeness (QED) is 0.739. The number of rotatable bonds is 4. The number of thiazole rings is 1. The van der Waals surface area contributed by atoms with E-state index in [-0.39, 0.29) is 5.91 Å². The molecule has 0 atom stereocenters. The number of hydrogen-bond donors (Lipinski definition) is 1. The molecule has 142 valence electrons. The van der Waals surface area contributed by atoms with Gasteiger partial charge in [-0.05, 0) is 38.5 Å². The molecular formula is C18H22N6O2S. The molecule has 0 aliphatic heterocycles. The number of nitrogens with one attached hydrogen (secondary N) is 1. The summed E-state index contributed by atoms with van der Waals surface area (Å²) in [7, 11) is 0. The van der Waals surface area contributed by atoms with Gasteiger partial charge in [0.2, 0.25) is 0 Å². The van der Waals surface area contributed by atoms with Crippen LogP contribution in [-0.4, -0.2) is 31.0 Å². The van der Waals surface area contributed by atoms with E-state index in [4.69, 9.17) is 4.52 Å². The van der Waals surface area contributed by atoms with Crippen LogP contribution in [0.3, 0.4) is 0 Å². The van der Waals surface area contributed by atoms with Gasteiger partial charge in [-0.15, -0.1) is 16.4 Å². The number of carbonyl (C=O) groups is 1. The highest BCUT2D eigenvalue weighted by molar-refractivity contribution is 7.15. The van der Waals surface area contributed by atoms with Gasteiger partial charge in [0.1, 0.15) is 6.54 Å². The number of carbonyl (C=O) groups excluding carboxylic acids is 1. The molecule has 3 aromatic rings. The Hall–Kier alpha value is -2.55. The third kappa shape index (κ3) is 3.64. The van der Waals surface area contributed by atoms with E-state index in [9.17, 15) is 4.79 Å². The van der Waals surface area contributed by atoms with Crippen LogP contribution in [0.5, 0.6) is 0 Å². The number of nitrogens with zero attached hydrogens (tertiary/aromatic N) is 5. The topological polar surface area (TPSA) is 98.7 Å². The number of anilines is 1. The molecule has 0 bridgehead atoms. The summed E-state index contributed by atoms with van der Waals surface area (Å²) >= 11 is 1.56. The van der Waals surface area contributed by atoms with Crippen molar-refractivity contribution in [1.29, 1.82) is 0 Å². The molecule has 0 spiro atoms. The maximum Gasteiger partial charge on any atom is 0.279 e. The van der Waals surface area contributed by atoms with Crippen molar-refractivity contribution >= 4 is 22.4 Å². The lowest BCUT2D eigenvalue weighted by Gasteiger charge is -2.28. The van der Waals surface area contributed by atoms with Crippen molar-refractivity contribution < 1.29 is 9.32 Å². The fraction of sp³-hybridized carbons (Fsp3) is 0.500. The molecule has 9 heteroatoms. The van der Waals surface area contributed by atoms with Crippen molar-refractivity contribution in [3.05, 3.63) is 39.5 Å². The lowest BCUT2D eigenvalue weighted by Crippen LogP contribution is -2.20. The molecule has 0 radical (unpaired) electrons. The zero-order chi connectivity index (χ0) is 19.2. The van der Waals surface area contributed by atoms with Gasteiger partial charge in [0.15, 0.2) is 16.6 Å². The van der Waals surface area contributed by atoms with Crippen LogP contribution in [0.15, 0.2) is 10.6 Å². The summed E-state index contributed by atoms with van der Waals surface area (Å²) in [6.07, 6.45) is 3.08. The van der Waals surface area contributed by atoms with Crippen molar-refractivity contribution in [3.63, 3.8) is 0 Å². The predicted octanol–water partition coefficient (Wildman–Crippen LogP) is 3.15. The highest BCUT2D eigenvalue weighted by Gasteiger charge is 2.28. The van der Waals surface area contributed by atoms with Gasteiger partial charge in [-0.1, -0.05) is 24.2 Å². The van der Waals surface area contributed by atoms with E-state index in [1.165, 1.54) is 4.88 Å². The number of fused-ring (bicyclic) bond motifs is 1. The molecule has 1 amide bonds. The predicted molar refractivity (Wildman–Crippen MR) is 101 cm³/mol. The first-order valence-corrected chi connectivity index (χ1v) is 9.74. The zero-order valence-electron chi connectivity index (χ0n) is 15.9. The first kappa shape index (κ1) is 17.8. The van der Waals surface area contributed by atoms with Crippen LogP contribution in [0, 0.1) is 19.3 Å². The van der Waals surface area contributed by atoms with Crippen LogP contribution in [0.1, 0.15) is 58.5 Å². The van der Waals surface area contributed by atoms with Gasteiger partial charge in [-0.2, -0.15) is 0 Å². The van der Waals surface area contributed by atoms with E-state index in [1.807, 2.05) is 19.9 Å². The average molecular weight is 386 g/mol. The van der Waals surface area contributed by atoms with Crippen LogP contribution < -0.4 is 5.32 Å². The summed E-state index contributed by atoms with van der Waals surface area (Å²) < 4.78 is 6.83. The molecule has 0 saturated carbocycles. The fourth-order valence-corrected chi connectivity index (χ4v) is 4.53. The monoisotopic (exact) mass is 386 g/mol. The van der Waals surface area contributed by atoms with Gasteiger partial charge >= 0.3 is 0 Å². The van der Waals surface area contributed by atoms with E-state index >= 15 is 0 Å². The van der Waals surface area contributed by atoms with Gasteiger partial charge in [-0.25, -0.2) is 9.67 Å². The van der Waals surface area contributed by atoms with E-state index < -0.39 is 0 Å². The summed E-state index contributed by atoms with van der Waals surface area (Å²) in [6.45, 7) is 8.59. The summed E-state index contributed by atoms with van der Waals surface area (Å²) in [5.41, 5.74) is 3.16. The van der Waals surface area contributed by atoms with E-state index in [0.29, 0.717) is 34.2 Å². The second kappa shape index (κ2) is 6.56. The van der Waals surface area contributed by atoms with Crippen molar-refractivity contribution in [2.75, 3.05) is 5.32 Å². The molecule has 27 heavy (non-hydrogen) atoms. The van der Waals surface area contributed by atoms with Crippen LogP contribution in [-0.2, 0) is 19.4 Å². The van der Waals surface area contributed by atoms with Crippen molar-refractivity contribution in [3.8, 4) is 0 Å². The van der Waals surface area contributed by atoms with Gasteiger partial charge in [0.25, 0.3) is 5.91 Å². The van der Waals surface area contributed by atoms with E-state index in [1.54, 1.807) is 16.0 Å². The fourth-order valence-electron chi connectivity index (χ4n) is 3.27. The summed E-state index contributed by atoms with van der Waals surface area (Å²) in [4.78, 5) is 18.5. The molecule has 4 rings (SSSR count). The van der Waals surface area contributed by atoms with E-state index in [2.05, 4.69) is 39.6 Å². The number of aryl methyl sites for hydroxylation is 2. The SMILES string of the molecule is Cc1cc(Cn2nnc(C(=O)Nc3nc4c(s3)CC(C)(C)CC4)c2C)on1. The molecule has 0 saturated heterocycles. The Morgan fingerprint density at radius 1 is 1.41 bits per heavy atom. The Labute approximate surface area is 161 Å². The maximum absolute atomic E-state index is 12.6. The number of hydrogen-bond acceptors (Lipinski definition) is 7. The third-order valence-corrected chi connectivity index (χ3v) is 5.87. The van der Waals surface area contributed by atoms with Gasteiger partial charge in [0, 0.05) is 10.9 Å². The molecule has 1 aliphatic carbocycles. The van der Waals surface area contributed by atoms with Gasteiger partial charge < -0.3 is 4.52 Å². The second-order valence-corrected chi connectivity index (χ2v) is 8.88. The van der Waals surface area contributed by atoms with Crippen molar-refractivity contribution in [2.45, 2.75) is 53.5 Å². The van der Waals surface area contributed by atoms with Crippen LogP contribution in [0.2, 0.25) is 0 Å². The lowest BCUT2D eigenvalue weighted by molar-refractivity contribution is 0.102. The Morgan fingerprint density at radius 2 is 2.22 bits per heavy atom. The largest absolute Gasteiger partial charge is 0.359 e. The Kier molecular flexibility index (Phi) is 4.33. The second-order valence-electron chi connectivity index (χ2n) is 7.80. The third-order valence-electron chi connectivity index (χ3n) is 4.86. The molecule has 0 aromatic carbocycles. The molecular weight excluding hydrogens is 364 g/mol. The molecule has 0 unspecified atom stereocenters. The smallest absolute Gasteiger partial charge is 0.279 e. The highest BCUT2D eigenvalue weighted by atomic mass is 32.1. The van der Waals surface area contributed by atoms with Gasteiger partial charge in [0.05, 0.1) is 17.1 Å². The molecule has 8 nitrogen and oxygen atoms in total. The van der Waals surface area contributed by atoms with Crippen LogP contribution >= 0.6 is 11.3 Å². The minimum absolute atomic E-state index is 0.291. The molecule has 0 fully saturated rings. The number of amides is 1.